The van der Waals surface area contributed by atoms with Crippen LogP contribution in [0.1, 0.15) is 0 Å². The van der Waals surface area contributed by atoms with Crippen LogP contribution in [0.15, 0.2) is 38.0 Å². The SMILES string of the molecule is C=CC(=O)NCC(CNC(=O)C=C)CNC(=O)C=C. The third-order valence-corrected chi connectivity index (χ3v) is 2.25. The summed E-state index contributed by atoms with van der Waals surface area (Å²) in [5.41, 5.74) is 0. The van der Waals surface area contributed by atoms with Crippen LogP contribution in [0, 0.1) is 5.92 Å². The largest absolute Gasteiger partial charge is 0.352 e. The van der Waals surface area contributed by atoms with Crippen molar-refractivity contribution < 1.29 is 14.4 Å². The Bertz CT molecular complexity index is 320. The van der Waals surface area contributed by atoms with E-state index in [1.54, 1.807) is 0 Å². The summed E-state index contributed by atoms with van der Waals surface area (Å²) >= 11 is 0. The lowest BCUT2D eigenvalue weighted by Crippen LogP contribution is -2.41. The highest BCUT2D eigenvalue weighted by molar-refractivity contribution is 5.88. The van der Waals surface area contributed by atoms with Crippen LogP contribution < -0.4 is 16.0 Å². The Morgan fingerprint density at radius 2 is 1.00 bits per heavy atom. The quantitative estimate of drug-likeness (QED) is 0.492. The van der Waals surface area contributed by atoms with E-state index in [1.807, 2.05) is 0 Å². The second-order valence-electron chi connectivity index (χ2n) is 3.71. The standard InChI is InChI=1S/C13H19N3O3/c1-4-11(17)14-7-10(8-15-12(18)5-2)9-16-13(19)6-3/h4-6,10H,1-3,7-9H2,(H,14,17)(H,15,18)(H,16,19). The summed E-state index contributed by atoms with van der Waals surface area (Å²) in [7, 11) is 0. The zero-order chi connectivity index (χ0) is 14.7. The number of amides is 3. The summed E-state index contributed by atoms with van der Waals surface area (Å²) < 4.78 is 0. The minimum atomic E-state index is -0.310. The average Bonchev–Trinajstić information content (AvgIpc) is 2.44. The topological polar surface area (TPSA) is 87.3 Å². The van der Waals surface area contributed by atoms with Crippen molar-refractivity contribution in [2.75, 3.05) is 19.6 Å². The molecule has 0 bridgehead atoms. The molecule has 0 aromatic heterocycles. The molecule has 0 spiro atoms. The Morgan fingerprint density at radius 3 is 1.21 bits per heavy atom. The van der Waals surface area contributed by atoms with Crippen LogP contribution in [-0.2, 0) is 14.4 Å². The molecule has 0 saturated heterocycles. The smallest absolute Gasteiger partial charge is 0.243 e. The van der Waals surface area contributed by atoms with Crippen LogP contribution in [-0.4, -0.2) is 37.4 Å². The first-order valence-corrected chi connectivity index (χ1v) is 5.74. The Balaban J connectivity index is 4.27. The minimum Gasteiger partial charge on any atom is -0.352 e. The predicted molar refractivity (Wildman–Crippen MR) is 73.1 cm³/mol. The number of hydrogen-bond donors (Lipinski definition) is 3. The van der Waals surface area contributed by atoms with Crippen molar-refractivity contribution in [1.29, 1.82) is 0 Å². The van der Waals surface area contributed by atoms with Crippen LogP contribution in [0.2, 0.25) is 0 Å². The molecule has 0 aromatic carbocycles. The van der Waals surface area contributed by atoms with Crippen molar-refractivity contribution in [3.05, 3.63) is 38.0 Å². The molecule has 104 valence electrons. The molecule has 0 rings (SSSR count). The van der Waals surface area contributed by atoms with Gasteiger partial charge in [-0.05, 0) is 18.2 Å². The summed E-state index contributed by atoms with van der Waals surface area (Å²) in [5, 5.41) is 7.81. The first kappa shape index (κ1) is 16.6. The van der Waals surface area contributed by atoms with Crippen molar-refractivity contribution in [2.45, 2.75) is 0 Å². The Labute approximate surface area is 112 Å². The van der Waals surface area contributed by atoms with Crippen molar-refractivity contribution in [2.24, 2.45) is 5.92 Å². The van der Waals surface area contributed by atoms with Crippen molar-refractivity contribution in [3.63, 3.8) is 0 Å². The molecule has 0 radical (unpaired) electrons. The van der Waals surface area contributed by atoms with E-state index in [4.69, 9.17) is 0 Å². The summed E-state index contributed by atoms with van der Waals surface area (Å²) in [6.45, 7) is 10.9. The lowest BCUT2D eigenvalue weighted by Gasteiger charge is -2.17. The lowest BCUT2D eigenvalue weighted by atomic mass is 10.1. The monoisotopic (exact) mass is 265 g/mol. The molecular formula is C13H19N3O3. The molecule has 0 heterocycles. The van der Waals surface area contributed by atoms with E-state index in [1.165, 1.54) is 0 Å². The fourth-order valence-corrected chi connectivity index (χ4v) is 1.17. The van der Waals surface area contributed by atoms with Gasteiger partial charge in [-0.1, -0.05) is 19.7 Å². The van der Waals surface area contributed by atoms with E-state index >= 15 is 0 Å². The molecule has 6 heteroatoms. The normalized spacial score (nSPS) is 9.32. The van der Waals surface area contributed by atoms with E-state index in [0.717, 1.165) is 18.2 Å². The van der Waals surface area contributed by atoms with E-state index in [-0.39, 0.29) is 23.6 Å². The van der Waals surface area contributed by atoms with Gasteiger partial charge in [0.1, 0.15) is 0 Å². The second-order valence-corrected chi connectivity index (χ2v) is 3.71. The molecule has 3 N–H and O–H groups in total. The summed E-state index contributed by atoms with van der Waals surface area (Å²) in [4.78, 5) is 33.2. The fourth-order valence-electron chi connectivity index (χ4n) is 1.17. The van der Waals surface area contributed by atoms with Crippen LogP contribution in [0.5, 0.6) is 0 Å². The molecule has 19 heavy (non-hydrogen) atoms. The second kappa shape index (κ2) is 9.64. The summed E-state index contributed by atoms with van der Waals surface area (Å²) in [6, 6.07) is 0. The Morgan fingerprint density at radius 1 is 0.737 bits per heavy atom. The highest BCUT2D eigenvalue weighted by atomic mass is 16.2. The Hall–Kier alpha value is -2.37. The van der Waals surface area contributed by atoms with Gasteiger partial charge < -0.3 is 16.0 Å². The first-order chi connectivity index (χ1) is 9.03. The maximum absolute atomic E-state index is 11.1. The third kappa shape index (κ3) is 8.37. The third-order valence-electron chi connectivity index (χ3n) is 2.25. The van der Waals surface area contributed by atoms with Crippen molar-refractivity contribution >= 4 is 17.7 Å². The molecule has 0 unspecified atom stereocenters. The highest BCUT2D eigenvalue weighted by Gasteiger charge is 2.11. The van der Waals surface area contributed by atoms with Gasteiger partial charge in [0.15, 0.2) is 0 Å². The van der Waals surface area contributed by atoms with Gasteiger partial charge in [0.05, 0.1) is 0 Å². The van der Waals surface area contributed by atoms with E-state index in [9.17, 15) is 14.4 Å². The molecule has 0 aliphatic heterocycles. The fraction of sp³-hybridized carbons (Fsp3) is 0.308. The van der Waals surface area contributed by atoms with Gasteiger partial charge in [-0.15, -0.1) is 0 Å². The maximum atomic E-state index is 11.1. The number of carbonyl (C=O) groups is 3. The molecule has 3 amide bonds. The van der Waals surface area contributed by atoms with Gasteiger partial charge in [-0.3, -0.25) is 14.4 Å². The minimum absolute atomic E-state index is 0.142. The lowest BCUT2D eigenvalue weighted by molar-refractivity contribution is -0.116. The van der Waals surface area contributed by atoms with Crippen molar-refractivity contribution in [1.82, 2.24) is 16.0 Å². The van der Waals surface area contributed by atoms with Gasteiger partial charge in [0, 0.05) is 25.6 Å². The molecule has 0 aliphatic rings. The molecular weight excluding hydrogens is 246 g/mol. The molecule has 0 saturated carbocycles. The number of hydrogen-bond acceptors (Lipinski definition) is 3. The van der Waals surface area contributed by atoms with Crippen LogP contribution in [0.25, 0.3) is 0 Å². The summed E-state index contributed by atoms with van der Waals surface area (Å²) in [6.07, 6.45) is 3.46. The highest BCUT2D eigenvalue weighted by Crippen LogP contribution is 1.92. The zero-order valence-electron chi connectivity index (χ0n) is 10.8. The zero-order valence-corrected chi connectivity index (χ0v) is 10.8. The Kier molecular flexibility index (Phi) is 8.44. The van der Waals surface area contributed by atoms with Gasteiger partial charge >= 0.3 is 0 Å². The van der Waals surface area contributed by atoms with Crippen molar-refractivity contribution in [3.8, 4) is 0 Å². The maximum Gasteiger partial charge on any atom is 0.243 e. The number of rotatable bonds is 9. The number of nitrogens with one attached hydrogen (secondary N) is 3. The van der Waals surface area contributed by atoms with Crippen LogP contribution >= 0.6 is 0 Å². The molecule has 0 atom stereocenters. The predicted octanol–water partition coefficient (Wildman–Crippen LogP) is -0.491. The molecule has 0 aromatic rings. The van der Waals surface area contributed by atoms with E-state index in [0.29, 0.717) is 19.6 Å². The first-order valence-electron chi connectivity index (χ1n) is 5.74. The molecule has 6 nitrogen and oxygen atoms in total. The average molecular weight is 265 g/mol. The van der Waals surface area contributed by atoms with E-state index in [2.05, 4.69) is 35.7 Å². The van der Waals surface area contributed by atoms with Crippen LogP contribution in [0.3, 0.4) is 0 Å². The van der Waals surface area contributed by atoms with Gasteiger partial charge in [-0.25, -0.2) is 0 Å². The van der Waals surface area contributed by atoms with Gasteiger partial charge in [-0.2, -0.15) is 0 Å². The molecule has 0 fully saturated rings. The van der Waals surface area contributed by atoms with Gasteiger partial charge in [0.25, 0.3) is 0 Å². The molecule has 0 aliphatic carbocycles. The van der Waals surface area contributed by atoms with Gasteiger partial charge in [0.2, 0.25) is 17.7 Å². The van der Waals surface area contributed by atoms with E-state index < -0.39 is 0 Å². The van der Waals surface area contributed by atoms with Crippen LogP contribution in [0.4, 0.5) is 0 Å². The summed E-state index contributed by atoms with van der Waals surface area (Å²) in [5.74, 6) is -1.07. The number of carbonyl (C=O) groups excluding carboxylic acids is 3.